The topological polar surface area (TPSA) is 142 Å². The van der Waals surface area contributed by atoms with Crippen molar-refractivity contribution in [2.75, 3.05) is 44.4 Å². The monoisotopic (exact) mass is 487 g/mol. The van der Waals surface area contributed by atoms with Gasteiger partial charge in [-0.1, -0.05) is 29.0 Å². The van der Waals surface area contributed by atoms with Gasteiger partial charge in [0.25, 0.3) is 0 Å². The van der Waals surface area contributed by atoms with Crippen LogP contribution in [0.25, 0.3) is 10.9 Å². The highest BCUT2D eigenvalue weighted by molar-refractivity contribution is 6.31. The number of carbonyl (C=O) groups is 1. The Bertz CT molecular complexity index is 1160. The van der Waals surface area contributed by atoms with Gasteiger partial charge in [0.15, 0.2) is 0 Å². The summed E-state index contributed by atoms with van der Waals surface area (Å²) in [4.78, 5) is 17.0. The van der Waals surface area contributed by atoms with Crippen LogP contribution in [0.15, 0.2) is 65.1 Å². The van der Waals surface area contributed by atoms with Crippen LogP contribution >= 0.6 is 11.6 Å². The number of benzene rings is 2. The molecule has 4 N–H and O–H groups in total. The molecular formula is C23H26ClN5O5. The van der Waals surface area contributed by atoms with E-state index in [-0.39, 0.29) is 22.8 Å². The van der Waals surface area contributed by atoms with Gasteiger partial charge < -0.3 is 20.4 Å². The van der Waals surface area contributed by atoms with Gasteiger partial charge in [0.1, 0.15) is 17.4 Å². The highest BCUT2D eigenvalue weighted by Crippen LogP contribution is 2.30. The molecule has 1 fully saturated rings. The van der Waals surface area contributed by atoms with Gasteiger partial charge in [-0.05, 0) is 36.4 Å². The van der Waals surface area contributed by atoms with Crippen molar-refractivity contribution in [1.82, 2.24) is 9.88 Å². The lowest BCUT2D eigenvalue weighted by atomic mass is 10.1. The second kappa shape index (κ2) is 11.7. The number of nitrogens with zero attached hydrogens (tertiary/aromatic N) is 5. The van der Waals surface area contributed by atoms with Crippen molar-refractivity contribution < 1.29 is 25.2 Å². The van der Waals surface area contributed by atoms with E-state index in [2.05, 4.69) is 20.2 Å². The molecular weight excluding hydrogens is 462 g/mol. The molecule has 2 aliphatic rings. The van der Waals surface area contributed by atoms with Crippen LogP contribution in [0.2, 0.25) is 5.02 Å². The maximum absolute atomic E-state index is 10.3. The number of aromatic hydroxyl groups is 1. The molecule has 0 spiro atoms. The minimum Gasteiger partial charge on any atom is -0.507 e. The Hall–Kier alpha value is -3.31. The van der Waals surface area contributed by atoms with Gasteiger partial charge in [0, 0.05) is 36.2 Å². The van der Waals surface area contributed by atoms with Crippen molar-refractivity contribution in [3.05, 3.63) is 65.3 Å². The van der Waals surface area contributed by atoms with Crippen molar-refractivity contribution >= 4 is 34.2 Å². The van der Waals surface area contributed by atoms with Crippen molar-refractivity contribution in [2.45, 2.75) is 6.04 Å². The molecule has 5 rings (SSSR count). The molecule has 180 valence electrons. The number of carboxylic acid groups (broad SMARTS) is 1. The average molecular weight is 488 g/mol. The summed E-state index contributed by atoms with van der Waals surface area (Å²) in [7, 11) is 0. The molecule has 0 saturated carbocycles. The number of pyridine rings is 1. The Balaban J connectivity index is 0.000000250. The maximum Gasteiger partial charge on any atom is 0.339 e. The minimum atomic E-state index is -1.11. The predicted octanol–water partition coefficient (Wildman–Crippen LogP) is 3.04. The van der Waals surface area contributed by atoms with Gasteiger partial charge in [-0.2, -0.15) is 5.11 Å². The highest BCUT2D eigenvalue weighted by Gasteiger charge is 2.25. The van der Waals surface area contributed by atoms with Gasteiger partial charge in [-0.15, -0.1) is 0 Å². The van der Waals surface area contributed by atoms with Gasteiger partial charge in [-0.3, -0.25) is 9.88 Å². The van der Waals surface area contributed by atoms with E-state index in [0.717, 1.165) is 56.0 Å². The summed E-state index contributed by atoms with van der Waals surface area (Å²) in [5, 5.41) is 29.8. The zero-order valence-electron chi connectivity index (χ0n) is 18.3. The standard InChI is InChI=1S/C16H18ClN5O.C7H6O3.H2O/c17-12-1-2-14-15(9-12)18-4-3-16(14)22-11-13(19-20-22)10-21-5-7-23-8-6-21;8-6-4-2-1-3-5(6)7(9)10;/h1-4,9,13H,5-8,10-11H2;1-4,8H,(H,9,10);1H2. The van der Waals surface area contributed by atoms with Gasteiger partial charge in [-0.25, -0.2) is 9.80 Å². The average Bonchev–Trinajstić information content (AvgIpc) is 3.28. The lowest BCUT2D eigenvalue weighted by Crippen LogP contribution is -2.41. The minimum absolute atomic E-state index is 0. The van der Waals surface area contributed by atoms with E-state index in [9.17, 15) is 4.79 Å². The van der Waals surface area contributed by atoms with Crippen molar-refractivity contribution in [2.24, 2.45) is 10.3 Å². The van der Waals surface area contributed by atoms with Crippen molar-refractivity contribution in [3.63, 3.8) is 0 Å². The fourth-order valence-electron chi connectivity index (χ4n) is 3.72. The number of phenols is 1. The zero-order valence-corrected chi connectivity index (χ0v) is 19.1. The first-order valence-electron chi connectivity index (χ1n) is 10.6. The normalized spacial score (nSPS) is 17.7. The number of hydrogen-bond donors (Lipinski definition) is 2. The van der Waals surface area contributed by atoms with E-state index in [4.69, 9.17) is 26.6 Å². The van der Waals surface area contributed by atoms with Gasteiger partial charge >= 0.3 is 5.97 Å². The number of fused-ring (bicyclic) bond motifs is 1. The molecule has 2 aromatic carbocycles. The number of morpholine rings is 1. The third-order valence-electron chi connectivity index (χ3n) is 5.37. The Morgan fingerprint density at radius 2 is 1.91 bits per heavy atom. The highest BCUT2D eigenvalue weighted by atomic mass is 35.5. The van der Waals surface area contributed by atoms with Crippen LogP contribution in [0.4, 0.5) is 5.69 Å². The Kier molecular flexibility index (Phi) is 8.72. The smallest absolute Gasteiger partial charge is 0.339 e. The third kappa shape index (κ3) is 6.17. The number of ether oxygens (including phenoxy) is 1. The maximum atomic E-state index is 10.3. The molecule has 1 aromatic heterocycles. The number of aromatic carboxylic acids is 1. The molecule has 1 unspecified atom stereocenters. The number of rotatable bonds is 4. The first-order chi connectivity index (χ1) is 16.0. The molecule has 34 heavy (non-hydrogen) atoms. The molecule has 10 nitrogen and oxygen atoms in total. The quantitative estimate of drug-likeness (QED) is 0.575. The molecule has 0 aliphatic carbocycles. The largest absolute Gasteiger partial charge is 0.507 e. The lowest BCUT2D eigenvalue weighted by Gasteiger charge is -2.27. The molecule has 1 atom stereocenters. The number of para-hydroxylation sites is 1. The van der Waals surface area contributed by atoms with E-state index < -0.39 is 5.97 Å². The lowest BCUT2D eigenvalue weighted by molar-refractivity contribution is 0.0360. The SMILES string of the molecule is Clc1ccc2c(N3CC(CN4CCOCC4)N=N3)ccnc2c1.O.O=C(O)c1ccccc1O. The first kappa shape index (κ1) is 25.3. The Labute approximate surface area is 201 Å². The molecule has 3 heterocycles. The third-order valence-corrected chi connectivity index (χ3v) is 5.61. The second-order valence-corrected chi connectivity index (χ2v) is 8.10. The van der Waals surface area contributed by atoms with Crippen LogP contribution in [-0.4, -0.2) is 77.0 Å². The molecule has 3 aromatic rings. The molecule has 0 amide bonds. The van der Waals surface area contributed by atoms with Crippen LogP contribution < -0.4 is 5.01 Å². The van der Waals surface area contributed by atoms with Crippen molar-refractivity contribution in [1.29, 1.82) is 0 Å². The van der Waals surface area contributed by atoms with E-state index in [1.54, 1.807) is 18.3 Å². The van der Waals surface area contributed by atoms with E-state index in [0.29, 0.717) is 5.02 Å². The first-order valence-corrected chi connectivity index (χ1v) is 10.9. The van der Waals surface area contributed by atoms with E-state index in [1.807, 2.05) is 29.3 Å². The number of aromatic nitrogens is 1. The van der Waals surface area contributed by atoms with Gasteiger partial charge in [0.2, 0.25) is 0 Å². The number of carboxylic acids is 1. The Morgan fingerprint density at radius 3 is 2.62 bits per heavy atom. The van der Waals surface area contributed by atoms with Crippen LogP contribution in [-0.2, 0) is 4.74 Å². The van der Waals surface area contributed by atoms with Crippen molar-refractivity contribution in [3.8, 4) is 5.75 Å². The summed E-state index contributed by atoms with van der Waals surface area (Å²) in [5.41, 5.74) is 1.84. The van der Waals surface area contributed by atoms with Crippen LogP contribution in [0.5, 0.6) is 5.75 Å². The molecule has 11 heteroatoms. The molecule has 2 aliphatic heterocycles. The zero-order chi connectivity index (χ0) is 23.2. The summed E-state index contributed by atoms with van der Waals surface area (Å²) in [6.07, 6.45) is 1.79. The number of hydrogen-bond acceptors (Lipinski definition) is 8. The number of anilines is 1. The summed E-state index contributed by atoms with van der Waals surface area (Å²) < 4.78 is 5.39. The predicted molar refractivity (Wildman–Crippen MR) is 129 cm³/mol. The fraction of sp³-hybridized carbons (Fsp3) is 0.304. The summed E-state index contributed by atoms with van der Waals surface area (Å²) >= 11 is 6.05. The summed E-state index contributed by atoms with van der Waals surface area (Å²) in [6.45, 7) is 5.29. The van der Waals surface area contributed by atoms with Gasteiger partial charge in [0.05, 0.1) is 31.0 Å². The van der Waals surface area contributed by atoms with Crippen LogP contribution in [0, 0.1) is 0 Å². The van der Waals surface area contributed by atoms with Crippen LogP contribution in [0.1, 0.15) is 10.4 Å². The van der Waals surface area contributed by atoms with E-state index >= 15 is 0 Å². The summed E-state index contributed by atoms with van der Waals surface area (Å²) in [6, 6.07) is 13.7. The molecule has 0 radical (unpaired) electrons. The Morgan fingerprint density at radius 1 is 1.15 bits per heavy atom. The molecule has 0 bridgehead atoms. The fourth-order valence-corrected chi connectivity index (χ4v) is 3.88. The van der Waals surface area contributed by atoms with E-state index in [1.165, 1.54) is 12.1 Å². The second-order valence-electron chi connectivity index (χ2n) is 7.67. The van der Waals surface area contributed by atoms with Crippen LogP contribution in [0.3, 0.4) is 0 Å². The summed E-state index contributed by atoms with van der Waals surface area (Å²) in [5.74, 6) is -1.31. The molecule has 1 saturated heterocycles. The number of halogens is 1.